The van der Waals surface area contributed by atoms with Gasteiger partial charge in [-0.1, -0.05) is 6.07 Å². The summed E-state index contributed by atoms with van der Waals surface area (Å²) in [5.41, 5.74) is 0.0191. The summed E-state index contributed by atoms with van der Waals surface area (Å²) in [4.78, 5) is -0.712. The Bertz CT molecular complexity index is 773. The van der Waals surface area contributed by atoms with E-state index in [1.807, 2.05) is 0 Å². The molecule has 21 heavy (non-hydrogen) atoms. The van der Waals surface area contributed by atoms with Crippen LogP contribution < -0.4 is 4.31 Å². The first-order chi connectivity index (χ1) is 9.73. The molecule has 0 saturated heterocycles. The van der Waals surface area contributed by atoms with Gasteiger partial charge < -0.3 is 0 Å². The highest BCUT2D eigenvalue weighted by Gasteiger charge is 2.28. The van der Waals surface area contributed by atoms with Crippen LogP contribution in [0.25, 0.3) is 0 Å². The summed E-state index contributed by atoms with van der Waals surface area (Å²) in [6.45, 7) is 0. The minimum Gasteiger partial charge on any atom is -0.269 e. The smallest absolute Gasteiger partial charge is 0.268 e. The summed E-state index contributed by atoms with van der Waals surface area (Å²) in [7, 11) is -3.16. The van der Waals surface area contributed by atoms with Gasteiger partial charge in [0.1, 0.15) is 22.3 Å². The van der Waals surface area contributed by atoms with Crippen molar-refractivity contribution >= 4 is 31.6 Å². The van der Waals surface area contributed by atoms with Crippen LogP contribution in [0.3, 0.4) is 0 Å². The van der Waals surface area contributed by atoms with E-state index in [9.17, 15) is 21.6 Å². The van der Waals surface area contributed by atoms with Crippen molar-refractivity contribution in [3.63, 3.8) is 0 Å². The van der Waals surface area contributed by atoms with Gasteiger partial charge in [-0.2, -0.15) is 0 Å². The van der Waals surface area contributed by atoms with E-state index in [1.165, 1.54) is 12.1 Å². The van der Waals surface area contributed by atoms with E-state index < -0.39 is 32.4 Å². The Balaban J connectivity index is 2.57. The number of rotatable bonds is 3. The largest absolute Gasteiger partial charge is 0.269 e. The maximum atomic E-state index is 13.8. The van der Waals surface area contributed by atoms with E-state index in [2.05, 4.69) is 15.9 Å². The number of nitrogens with zero attached hydrogens (tertiary/aromatic N) is 1. The zero-order chi connectivity index (χ0) is 15.8. The molecule has 2 aromatic rings. The van der Waals surface area contributed by atoms with Crippen LogP contribution in [-0.2, 0) is 10.0 Å². The molecule has 8 heteroatoms. The molecule has 0 fully saturated rings. The van der Waals surface area contributed by atoms with Crippen molar-refractivity contribution in [1.82, 2.24) is 0 Å². The first-order valence-corrected chi connectivity index (χ1v) is 7.86. The van der Waals surface area contributed by atoms with Gasteiger partial charge in [-0.05, 0) is 40.2 Å². The lowest BCUT2D eigenvalue weighted by atomic mass is 10.3. The molecule has 2 rings (SSSR count). The van der Waals surface area contributed by atoms with Crippen LogP contribution >= 0.6 is 15.9 Å². The van der Waals surface area contributed by atoms with E-state index in [4.69, 9.17) is 0 Å². The van der Waals surface area contributed by atoms with Crippen LogP contribution in [0.15, 0.2) is 45.8 Å². The van der Waals surface area contributed by atoms with Gasteiger partial charge in [-0.25, -0.2) is 21.6 Å². The summed E-state index contributed by atoms with van der Waals surface area (Å²) < 4.78 is 65.3. The fourth-order valence-corrected chi connectivity index (χ4v) is 4.02. The molecule has 0 bridgehead atoms. The van der Waals surface area contributed by atoms with Crippen molar-refractivity contribution in [2.45, 2.75) is 4.90 Å². The number of halogens is 4. The van der Waals surface area contributed by atoms with Crippen molar-refractivity contribution < 1.29 is 21.6 Å². The predicted octanol–water partition coefficient (Wildman–Crippen LogP) is 3.69. The second-order valence-corrected chi connectivity index (χ2v) is 6.91. The molecule has 0 unspecified atom stereocenters. The molecular formula is C13H9BrF3NO2S. The van der Waals surface area contributed by atoms with Crippen LogP contribution in [0, 0.1) is 17.5 Å². The minimum atomic E-state index is -4.31. The molecule has 0 radical (unpaired) electrons. The Hall–Kier alpha value is -1.54. The molecule has 0 spiro atoms. The predicted molar refractivity (Wildman–Crippen MR) is 76.0 cm³/mol. The fourth-order valence-electron chi connectivity index (χ4n) is 1.72. The SMILES string of the molecule is CN(c1cccc(F)c1)S(=O)(=O)c1c(F)cc(F)cc1Br. The van der Waals surface area contributed by atoms with Crippen molar-refractivity contribution in [1.29, 1.82) is 0 Å². The van der Waals surface area contributed by atoms with Gasteiger partial charge >= 0.3 is 0 Å². The Morgan fingerprint density at radius 3 is 2.29 bits per heavy atom. The summed E-state index contributed by atoms with van der Waals surface area (Å²) in [6, 6.07) is 6.14. The quantitative estimate of drug-likeness (QED) is 0.815. The van der Waals surface area contributed by atoms with Gasteiger partial charge in [0.2, 0.25) is 0 Å². The van der Waals surface area contributed by atoms with Gasteiger partial charge in [0.15, 0.2) is 0 Å². The Kier molecular flexibility index (Phi) is 4.29. The molecule has 0 aliphatic heterocycles. The molecule has 2 aromatic carbocycles. The molecule has 0 amide bonds. The second-order valence-electron chi connectivity index (χ2n) is 4.15. The van der Waals surface area contributed by atoms with Crippen LogP contribution in [0.2, 0.25) is 0 Å². The number of anilines is 1. The lowest BCUT2D eigenvalue weighted by Gasteiger charge is -2.20. The van der Waals surface area contributed by atoms with Crippen LogP contribution in [0.1, 0.15) is 0 Å². The average Bonchev–Trinajstić information content (AvgIpc) is 2.36. The lowest BCUT2D eigenvalue weighted by Crippen LogP contribution is -2.28. The van der Waals surface area contributed by atoms with Gasteiger partial charge in [0.25, 0.3) is 10.0 Å². The molecule has 0 N–H and O–H groups in total. The van der Waals surface area contributed by atoms with Crippen molar-refractivity contribution in [2.75, 3.05) is 11.4 Å². The number of sulfonamides is 1. The molecule has 3 nitrogen and oxygen atoms in total. The second kappa shape index (κ2) is 5.69. The molecule has 0 aromatic heterocycles. The van der Waals surface area contributed by atoms with Crippen LogP contribution in [-0.4, -0.2) is 15.5 Å². The molecular weight excluding hydrogens is 371 g/mol. The van der Waals surface area contributed by atoms with Gasteiger partial charge in [-0.15, -0.1) is 0 Å². The first-order valence-electron chi connectivity index (χ1n) is 5.62. The maximum absolute atomic E-state index is 13.8. The third-order valence-corrected chi connectivity index (χ3v) is 5.50. The highest BCUT2D eigenvalue weighted by molar-refractivity contribution is 9.10. The summed E-state index contributed by atoms with van der Waals surface area (Å²) in [6.07, 6.45) is 0. The van der Waals surface area contributed by atoms with E-state index in [0.717, 1.165) is 29.6 Å². The molecule has 0 aliphatic rings. The van der Waals surface area contributed by atoms with Crippen molar-refractivity contribution in [2.24, 2.45) is 0 Å². The Morgan fingerprint density at radius 1 is 1.05 bits per heavy atom. The van der Waals surface area contributed by atoms with Crippen LogP contribution in [0.4, 0.5) is 18.9 Å². The Morgan fingerprint density at radius 2 is 1.71 bits per heavy atom. The minimum absolute atomic E-state index is 0.0191. The molecule has 0 aliphatic carbocycles. The van der Waals surface area contributed by atoms with Crippen LogP contribution in [0.5, 0.6) is 0 Å². The lowest BCUT2D eigenvalue weighted by molar-refractivity contribution is 0.546. The van der Waals surface area contributed by atoms with Gasteiger partial charge in [0, 0.05) is 17.6 Å². The topological polar surface area (TPSA) is 37.4 Å². The standard InChI is InChI=1S/C13H9BrF3NO2S/c1-18(10-4-2-3-8(15)5-10)21(19,20)13-11(14)6-9(16)7-12(13)17/h2-7H,1H3. The van der Waals surface area contributed by atoms with E-state index in [1.54, 1.807) is 0 Å². The molecule has 0 heterocycles. The van der Waals surface area contributed by atoms with E-state index in [-0.39, 0.29) is 10.2 Å². The summed E-state index contributed by atoms with van der Waals surface area (Å²) >= 11 is 2.83. The van der Waals surface area contributed by atoms with E-state index in [0.29, 0.717) is 6.07 Å². The highest BCUT2D eigenvalue weighted by atomic mass is 79.9. The number of hydrogen-bond donors (Lipinski definition) is 0. The zero-order valence-corrected chi connectivity index (χ0v) is 13.1. The third-order valence-electron chi connectivity index (χ3n) is 2.75. The van der Waals surface area contributed by atoms with Gasteiger partial charge in [0.05, 0.1) is 5.69 Å². The van der Waals surface area contributed by atoms with Crippen molar-refractivity contribution in [3.05, 3.63) is 58.3 Å². The maximum Gasteiger partial charge on any atom is 0.268 e. The van der Waals surface area contributed by atoms with Crippen molar-refractivity contribution in [3.8, 4) is 0 Å². The summed E-state index contributed by atoms with van der Waals surface area (Å²) in [5.74, 6) is -2.77. The molecule has 112 valence electrons. The molecule has 0 saturated carbocycles. The zero-order valence-electron chi connectivity index (χ0n) is 10.6. The van der Waals surface area contributed by atoms with Gasteiger partial charge in [-0.3, -0.25) is 4.31 Å². The number of benzene rings is 2. The molecule has 0 atom stereocenters. The third kappa shape index (κ3) is 3.06. The number of hydrogen-bond acceptors (Lipinski definition) is 2. The highest BCUT2D eigenvalue weighted by Crippen LogP contribution is 2.30. The normalized spacial score (nSPS) is 11.5. The average molecular weight is 380 g/mol. The summed E-state index contributed by atoms with van der Waals surface area (Å²) in [5, 5.41) is 0. The monoisotopic (exact) mass is 379 g/mol. The fraction of sp³-hybridized carbons (Fsp3) is 0.0769. The Labute approximate surface area is 128 Å². The first kappa shape index (κ1) is 15.8. The van der Waals surface area contributed by atoms with E-state index >= 15 is 0 Å².